The molecule has 0 aliphatic carbocycles. The number of hydrogen-bond donors (Lipinski definition) is 1. The van der Waals surface area contributed by atoms with Gasteiger partial charge in [-0.3, -0.25) is 14.4 Å². The molecule has 0 saturated carbocycles. The zero-order valence-electron chi connectivity index (χ0n) is 17.4. The number of morpholine rings is 1. The number of benzene rings is 1. The third kappa shape index (κ3) is 5.20. The van der Waals surface area contributed by atoms with Gasteiger partial charge in [-0.2, -0.15) is 5.10 Å². The second kappa shape index (κ2) is 9.34. The molecule has 6 nitrogen and oxygen atoms in total. The zero-order valence-corrected chi connectivity index (χ0v) is 17.4. The van der Waals surface area contributed by atoms with Crippen LogP contribution in [-0.2, 0) is 11.3 Å². The number of ether oxygens (including phenoxy) is 1. The van der Waals surface area contributed by atoms with Gasteiger partial charge in [-0.15, -0.1) is 0 Å². The van der Waals surface area contributed by atoms with E-state index in [1.807, 2.05) is 36.7 Å². The predicted molar refractivity (Wildman–Crippen MR) is 111 cm³/mol. The highest BCUT2D eigenvalue weighted by molar-refractivity contribution is 5.96. The summed E-state index contributed by atoms with van der Waals surface area (Å²) in [5.74, 6) is 0.563. The number of carbonyl (C=O) groups excluding carboxylic acids is 1. The first-order valence-corrected chi connectivity index (χ1v) is 10.1. The topological polar surface area (TPSA) is 59.4 Å². The van der Waals surface area contributed by atoms with E-state index in [0.717, 1.165) is 37.6 Å². The van der Waals surface area contributed by atoms with E-state index in [9.17, 15) is 4.79 Å². The van der Waals surface area contributed by atoms with Gasteiger partial charge in [0.25, 0.3) is 5.91 Å². The van der Waals surface area contributed by atoms with Gasteiger partial charge in [0, 0.05) is 31.9 Å². The molecule has 1 aliphatic heterocycles. The molecule has 1 aliphatic rings. The summed E-state index contributed by atoms with van der Waals surface area (Å²) in [7, 11) is 0. The summed E-state index contributed by atoms with van der Waals surface area (Å²) in [6, 6.07) is 10.2. The monoisotopic (exact) mass is 384 g/mol. The van der Waals surface area contributed by atoms with Crippen molar-refractivity contribution < 1.29 is 9.53 Å². The van der Waals surface area contributed by atoms with Crippen molar-refractivity contribution in [3.8, 4) is 0 Å². The number of carbonyl (C=O) groups is 1. The molecule has 1 saturated heterocycles. The average Bonchev–Trinajstić information content (AvgIpc) is 2.94. The summed E-state index contributed by atoms with van der Waals surface area (Å²) in [4.78, 5) is 15.2. The number of aryl methyl sites for hydroxylation is 1. The van der Waals surface area contributed by atoms with Crippen molar-refractivity contribution in [3.63, 3.8) is 0 Å². The number of nitrogens with one attached hydrogen (secondary N) is 1. The van der Waals surface area contributed by atoms with E-state index < -0.39 is 0 Å². The van der Waals surface area contributed by atoms with Gasteiger partial charge in [0.2, 0.25) is 0 Å². The third-order valence-corrected chi connectivity index (χ3v) is 5.12. The Hall–Kier alpha value is -2.18. The normalized spacial score (nSPS) is 17.8. The van der Waals surface area contributed by atoms with Gasteiger partial charge in [0.15, 0.2) is 0 Å². The molecule has 28 heavy (non-hydrogen) atoms. The molecule has 1 N–H and O–H groups in total. The first kappa shape index (κ1) is 20.6. The van der Waals surface area contributed by atoms with Crippen LogP contribution in [0.5, 0.6) is 0 Å². The SMILES string of the molecule is Cc1nn(Cc2ccccc2)c(C)c1C(=O)NC[C@H]1CN(CC(C)C)CCO1. The van der Waals surface area contributed by atoms with Gasteiger partial charge in [0.05, 0.1) is 30.5 Å². The molecular formula is C22H32N4O2. The van der Waals surface area contributed by atoms with Crippen molar-refractivity contribution in [2.24, 2.45) is 5.92 Å². The highest BCUT2D eigenvalue weighted by Crippen LogP contribution is 2.15. The fourth-order valence-electron chi connectivity index (χ4n) is 3.82. The van der Waals surface area contributed by atoms with Crippen LogP contribution in [0.4, 0.5) is 0 Å². The molecule has 0 spiro atoms. The highest BCUT2D eigenvalue weighted by Gasteiger charge is 2.23. The van der Waals surface area contributed by atoms with Crippen LogP contribution in [0.25, 0.3) is 0 Å². The first-order valence-electron chi connectivity index (χ1n) is 10.1. The summed E-state index contributed by atoms with van der Waals surface area (Å²) in [6.07, 6.45) is 0.0384. The maximum Gasteiger partial charge on any atom is 0.255 e. The molecular weight excluding hydrogens is 352 g/mol. The molecule has 3 rings (SSSR count). The first-order chi connectivity index (χ1) is 13.4. The quantitative estimate of drug-likeness (QED) is 0.797. The van der Waals surface area contributed by atoms with Crippen molar-refractivity contribution in [3.05, 3.63) is 52.8 Å². The minimum absolute atomic E-state index is 0.0384. The van der Waals surface area contributed by atoms with Crippen LogP contribution >= 0.6 is 0 Å². The van der Waals surface area contributed by atoms with E-state index in [1.165, 1.54) is 5.56 Å². The van der Waals surface area contributed by atoms with Crippen LogP contribution in [0.3, 0.4) is 0 Å². The summed E-state index contributed by atoms with van der Waals surface area (Å²) >= 11 is 0. The van der Waals surface area contributed by atoms with Gasteiger partial charge in [-0.05, 0) is 25.3 Å². The van der Waals surface area contributed by atoms with Crippen molar-refractivity contribution in [1.82, 2.24) is 20.0 Å². The molecule has 6 heteroatoms. The number of rotatable bonds is 7. The summed E-state index contributed by atoms with van der Waals surface area (Å²) in [5, 5.41) is 7.64. The van der Waals surface area contributed by atoms with E-state index >= 15 is 0 Å². The second-order valence-corrected chi connectivity index (χ2v) is 8.05. The van der Waals surface area contributed by atoms with E-state index in [-0.39, 0.29) is 12.0 Å². The smallest absolute Gasteiger partial charge is 0.255 e. The maximum atomic E-state index is 12.8. The fraction of sp³-hybridized carbons (Fsp3) is 0.545. The van der Waals surface area contributed by atoms with Crippen LogP contribution in [0.15, 0.2) is 30.3 Å². The number of aromatic nitrogens is 2. The lowest BCUT2D eigenvalue weighted by molar-refractivity contribution is -0.0295. The summed E-state index contributed by atoms with van der Waals surface area (Å²) < 4.78 is 7.75. The van der Waals surface area contributed by atoms with Gasteiger partial charge < -0.3 is 10.1 Å². The fourth-order valence-corrected chi connectivity index (χ4v) is 3.82. The van der Waals surface area contributed by atoms with Crippen LogP contribution in [0, 0.1) is 19.8 Å². The lowest BCUT2D eigenvalue weighted by Gasteiger charge is -2.33. The van der Waals surface area contributed by atoms with Gasteiger partial charge in [-0.1, -0.05) is 44.2 Å². The zero-order chi connectivity index (χ0) is 20.1. The number of hydrogen-bond acceptors (Lipinski definition) is 4. The third-order valence-electron chi connectivity index (χ3n) is 5.12. The lowest BCUT2D eigenvalue weighted by Crippen LogP contribution is -2.48. The largest absolute Gasteiger partial charge is 0.374 e. The van der Waals surface area contributed by atoms with Gasteiger partial charge in [0.1, 0.15) is 0 Å². The van der Waals surface area contributed by atoms with Gasteiger partial charge in [-0.25, -0.2) is 0 Å². The molecule has 0 radical (unpaired) electrons. The van der Waals surface area contributed by atoms with Crippen molar-refractivity contribution in [1.29, 1.82) is 0 Å². The minimum atomic E-state index is -0.0705. The Bertz CT molecular complexity index is 785. The highest BCUT2D eigenvalue weighted by atomic mass is 16.5. The molecule has 1 atom stereocenters. The maximum absolute atomic E-state index is 12.8. The van der Waals surface area contributed by atoms with Crippen molar-refractivity contribution in [2.75, 3.05) is 32.8 Å². The van der Waals surface area contributed by atoms with E-state index in [0.29, 0.717) is 24.6 Å². The molecule has 152 valence electrons. The van der Waals surface area contributed by atoms with Crippen molar-refractivity contribution >= 4 is 5.91 Å². The Labute approximate surface area is 167 Å². The van der Waals surface area contributed by atoms with Crippen LogP contribution in [0.1, 0.15) is 41.2 Å². The number of nitrogens with zero attached hydrogens (tertiary/aromatic N) is 3. The molecule has 1 aromatic carbocycles. The Morgan fingerprint density at radius 3 is 2.75 bits per heavy atom. The summed E-state index contributed by atoms with van der Waals surface area (Å²) in [5.41, 5.74) is 3.49. The van der Waals surface area contributed by atoms with Crippen molar-refractivity contribution in [2.45, 2.75) is 40.3 Å². The van der Waals surface area contributed by atoms with E-state index in [2.05, 4.69) is 41.3 Å². The van der Waals surface area contributed by atoms with E-state index in [4.69, 9.17) is 4.74 Å². The van der Waals surface area contributed by atoms with Crippen LogP contribution < -0.4 is 5.32 Å². The molecule has 0 unspecified atom stereocenters. The number of amides is 1. The molecule has 1 aromatic heterocycles. The molecule has 2 heterocycles. The van der Waals surface area contributed by atoms with Crippen LogP contribution in [0.2, 0.25) is 0 Å². The molecule has 1 amide bonds. The Balaban J connectivity index is 1.60. The standard InChI is InChI=1S/C22H32N4O2/c1-16(2)13-25-10-11-28-20(15-25)12-23-22(27)21-17(3)24-26(18(21)4)14-19-8-6-5-7-9-19/h5-9,16,20H,10-15H2,1-4H3,(H,23,27)/t20-/m0/s1. The Kier molecular flexibility index (Phi) is 6.86. The molecule has 2 aromatic rings. The van der Waals surface area contributed by atoms with Gasteiger partial charge >= 0.3 is 0 Å². The van der Waals surface area contributed by atoms with E-state index in [1.54, 1.807) is 0 Å². The minimum Gasteiger partial charge on any atom is -0.374 e. The summed E-state index contributed by atoms with van der Waals surface area (Å²) in [6.45, 7) is 13.1. The molecule has 0 bridgehead atoms. The Morgan fingerprint density at radius 1 is 1.29 bits per heavy atom. The average molecular weight is 385 g/mol. The Morgan fingerprint density at radius 2 is 2.04 bits per heavy atom. The second-order valence-electron chi connectivity index (χ2n) is 8.05. The molecule has 1 fully saturated rings. The lowest BCUT2D eigenvalue weighted by atomic mass is 10.1. The van der Waals surface area contributed by atoms with Crippen LogP contribution in [-0.4, -0.2) is 59.5 Å². The predicted octanol–water partition coefficient (Wildman–Crippen LogP) is 2.63.